The fraction of sp³-hybridized carbons (Fsp3) is 0.462. The molecule has 2 fully saturated rings. The lowest BCUT2D eigenvalue weighted by Gasteiger charge is -2.35. The van der Waals surface area contributed by atoms with Crippen molar-refractivity contribution in [3.05, 3.63) is 64.7 Å². The topological polar surface area (TPSA) is 61.9 Å². The van der Waals surface area contributed by atoms with E-state index in [9.17, 15) is 9.59 Å². The van der Waals surface area contributed by atoms with E-state index in [4.69, 9.17) is 16.3 Å². The largest absolute Gasteiger partial charge is 0.496 e. The number of benzene rings is 2. The number of likely N-dealkylation sites (tertiary alicyclic amines) is 2. The number of nitrogens with zero attached hydrogens (tertiary/aromatic N) is 2. The number of methoxy groups -OCH3 is 1. The van der Waals surface area contributed by atoms with Crippen LogP contribution in [0.2, 0.25) is 5.02 Å². The van der Waals surface area contributed by atoms with Crippen molar-refractivity contribution in [2.45, 2.75) is 38.3 Å². The fourth-order valence-corrected chi connectivity index (χ4v) is 4.91. The van der Waals surface area contributed by atoms with Crippen LogP contribution in [0.4, 0.5) is 0 Å². The summed E-state index contributed by atoms with van der Waals surface area (Å²) < 4.78 is 5.47. The van der Waals surface area contributed by atoms with Crippen LogP contribution in [0.5, 0.6) is 5.75 Å². The first-order valence-corrected chi connectivity index (χ1v) is 12.1. The molecule has 1 atom stereocenters. The summed E-state index contributed by atoms with van der Waals surface area (Å²) >= 11 is 5.94. The van der Waals surface area contributed by atoms with E-state index in [2.05, 4.69) is 16.3 Å². The molecule has 2 aromatic rings. The molecule has 176 valence electrons. The van der Waals surface area contributed by atoms with Crippen LogP contribution in [0, 0.1) is 5.92 Å². The SMILES string of the molecule is COc1ccccc1CN1CCC(NC(=O)C2CCCN(C(=O)c3ccc(Cl)cc3)C2)CC1. The van der Waals surface area contributed by atoms with Crippen LogP contribution in [-0.4, -0.2) is 60.9 Å². The number of hydrogen-bond acceptors (Lipinski definition) is 4. The minimum absolute atomic E-state index is 0.0335. The maximum absolute atomic E-state index is 13.0. The molecule has 7 heteroatoms. The summed E-state index contributed by atoms with van der Waals surface area (Å²) in [5.74, 6) is 0.810. The van der Waals surface area contributed by atoms with E-state index in [0.717, 1.165) is 51.1 Å². The van der Waals surface area contributed by atoms with Gasteiger partial charge in [0.15, 0.2) is 0 Å². The minimum atomic E-state index is -0.151. The summed E-state index contributed by atoms with van der Waals surface area (Å²) in [5, 5.41) is 3.86. The van der Waals surface area contributed by atoms with Crippen LogP contribution < -0.4 is 10.1 Å². The Hall–Kier alpha value is -2.57. The van der Waals surface area contributed by atoms with Crippen molar-refractivity contribution in [3.8, 4) is 5.75 Å². The lowest BCUT2D eigenvalue weighted by atomic mass is 9.95. The van der Waals surface area contributed by atoms with Gasteiger partial charge >= 0.3 is 0 Å². The zero-order valence-corrected chi connectivity index (χ0v) is 19.9. The number of amides is 2. The highest BCUT2D eigenvalue weighted by Gasteiger charge is 2.31. The predicted octanol–water partition coefficient (Wildman–Crippen LogP) is 3.98. The standard InChI is InChI=1S/C26H32ClN3O3/c1-33-24-7-3-2-5-20(24)17-29-15-12-23(13-16-29)28-25(31)21-6-4-14-30(18-21)26(32)19-8-10-22(27)11-9-19/h2-3,5,7-11,21,23H,4,6,12-18H2,1H3,(H,28,31). The molecule has 2 aliphatic heterocycles. The van der Waals surface area contributed by atoms with Crippen molar-refractivity contribution in [2.75, 3.05) is 33.3 Å². The predicted molar refractivity (Wildman–Crippen MR) is 130 cm³/mol. The maximum atomic E-state index is 13.0. The van der Waals surface area contributed by atoms with Crippen molar-refractivity contribution in [3.63, 3.8) is 0 Å². The Morgan fingerprint density at radius 2 is 1.76 bits per heavy atom. The molecule has 2 heterocycles. The third kappa shape index (κ3) is 6.06. The first-order chi connectivity index (χ1) is 16.0. The number of carbonyl (C=O) groups is 2. The Labute approximate surface area is 200 Å². The first kappa shape index (κ1) is 23.6. The second kappa shape index (κ2) is 11.0. The van der Waals surface area contributed by atoms with Gasteiger partial charge < -0.3 is 15.0 Å². The third-order valence-electron chi connectivity index (χ3n) is 6.69. The number of para-hydroxylation sites is 1. The second-order valence-corrected chi connectivity index (χ2v) is 9.40. The molecule has 0 saturated carbocycles. The Morgan fingerprint density at radius 1 is 1.03 bits per heavy atom. The quantitative estimate of drug-likeness (QED) is 0.695. The molecular weight excluding hydrogens is 438 g/mol. The van der Waals surface area contributed by atoms with Crippen molar-refractivity contribution in [1.29, 1.82) is 0 Å². The number of ether oxygens (including phenoxy) is 1. The first-order valence-electron chi connectivity index (χ1n) is 11.7. The average Bonchev–Trinajstić information content (AvgIpc) is 2.85. The van der Waals surface area contributed by atoms with Crippen LogP contribution in [0.3, 0.4) is 0 Å². The summed E-state index contributed by atoms with van der Waals surface area (Å²) in [7, 11) is 1.70. The molecule has 2 aliphatic rings. The van der Waals surface area contributed by atoms with E-state index >= 15 is 0 Å². The molecule has 0 aromatic heterocycles. The molecule has 0 bridgehead atoms. The van der Waals surface area contributed by atoms with Gasteiger partial charge in [-0.1, -0.05) is 29.8 Å². The molecular formula is C26H32ClN3O3. The fourth-order valence-electron chi connectivity index (χ4n) is 4.78. The van der Waals surface area contributed by atoms with Crippen molar-refractivity contribution in [2.24, 2.45) is 5.92 Å². The summed E-state index contributed by atoms with van der Waals surface area (Å²) in [6, 6.07) is 15.2. The van der Waals surface area contributed by atoms with E-state index in [1.54, 1.807) is 36.3 Å². The number of nitrogens with one attached hydrogen (secondary N) is 1. The monoisotopic (exact) mass is 469 g/mol. The van der Waals surface area contributed by atoms with Crippen LogP contribution in [0.15, 0.2) is 48.5 Å². The Kier molecular flexibility index (Phi) is 7.89. The van der Waals surface area contributed by atoms with E-state index in [-0.39, 0.29) is 23.8 Å². The zero-order chi connectivity index (χ0) is 23.2. The highest BCUT2D eigenvalue weighted by Crippen LogP contribution is 2.23. The van der Waals surface area contributed by atoms with Gasteiger partial charge in [-0.3, -0.25) is 14.5 Å². The highest BCUT2D eigenvalue weighted by molar-refractivity contribution is 6.30. The molecule has 0 aliphatic carbocycles. The smallest absolute Gasteiger partial charge is 0.253 e. The van der Waals surface area contributed by atoms with Gasteiger partial charge in [0.25, 0.3) is 5.91 Å². The van der Waals surface area contributed by atoms with Gasteiger partial charge in [0, 0.05) is 54.9 Å². The number of halogens is 1. The molecule has 1 unspecified atom stereocenters. The molecule has 6 nitrogen and oxygen atoms in total. The Bertz CT molecular complexity index is 958. The van der Waals surface area contributed by atoms with Crippen molar-refractivity contribution < 1.29 is 14.3 Å². The minimum Gasteiger partial charge on any atom is -0.496 e. The van der Waals surface area contributed by atoms with Gasteiger partial charge in [-0.05, 0) is 56.0 Å². The molecule has 0 radical (unpaired) electrons. The third-order valence-corrected chi connectivity index (χ3v) is 6.94. The summed E-state index contributed by atoms with van der Waals surface area (Å²) in [4.78, 5) is 30.0. The molecule has 4 rings (SSSR count). The summed E-state index contributed by atoms with van der Waals surface area (Å²) in [6.45, 7) is 3.89. The highest BCUT2D eigenvalue weighted by atomic mass is 35.5. The summed E-state index contributed by atoms with van der Waals surface area (Å²) in [6.07, 6.45) is 3.53. The van der Waals surface area contributed by atoms with Gasteiger partial charge in [0.2, 0.25) is 5.91 Å². The number of carbonyl (C=O) groups excluding carboxylic acids is 2. The maximum Gasteiger partial charge on any atom is 0.253 e. The van der Waals surface area contributed by atoms with Crippen LogP contribution in [-0.2, 0) is 11.3 Å². The van der Waals surface area contributed by atoms with Crippen LogP contribution >= 0.6 is 11.6 Å². The number of hydrogen-bond donors (Lipinski definition) is 1. The van der Waals surface area contributed by atoms with Crippen molar-refractivity contribution >= 4 is 23.4 Å². The molecule has 2 amide bonds. The van der Waals surface area contributed by atoms with Crippen molar-refractivity contribution in [1.82, 2.24) is 15.1 Å². The average molecular weight is 470 g/mol. The van der Waals surface area contributed by atoms with Gasteiger partial charge in [-0.15, -0.1) is 0 Å². The van der Waals surface area contributed by atoms with Gasteiger partial charge in [-0.2, -0.15) is 0 Å². The van der Waals surface area contributed by atoms with Gasteiger partial charge in [0.05, 0.1) is 13.0 Å². The second-order valence-electron chi connectivity index (χ2n) is 8.97. The van der Waals surface area contributed by atoms with E-state index in [1.165, 1.54) is 5.56 Å². The Balaban J connectivity index is 1.25. The van der Waals surface area contributed by atoms with Gasteiger partial charge in [-0.25, -0.2) is 0 Å². The lowest BCUT2D eigenvalue weighted by molar-refractivity contribution is -0.127. The molecule has 33 heavy (non-hydrogen) atoms. The zero-order valence-electron chi connectivity index (χ0n) is 19.1. The van der Waals surface area contributed by atoms with Crippen LogP contribution in [0.25, 0.3) is 0 Å². The lowest BCUT2D eigenvalue weighted by Crippen LogP contribution is -2.50. The molecule has 2 aromatic carbocycles. The van der Waals surface area contributed by atoms with Crippen LogP contribution in [0.1, 0.15) is 41.6 Å². The van der Waals surface area contributed by atoms with E-state index in [0.29, 0.717) is 23.7 Å². The molecule has 2 saturated heterocycles. The van der Waals surface area contributed by atoms with E-state index in [1.807, 2.05) is 18.2 Å². The molecule has 1 N–H and O–H groups in total. The number of rotatable bonds is 6. The number of piperidine rings is 2. The normalized spacial score (nSPS) is 19.8. The molecule has 0 spiro atoms. The van der Waals surface area contributed by atoms with E-state index < -0.39 is 0 Å². The van der Waals surface area contributed by atoms with Gasteiger partial charge in [0.1, 0.15) is 5.75 Å². The summed E-state index contributed by atoms with van der Waals surface area (Å²) in [5.41, 5.74) is 1.80. The Morgan fingerprint density at radius 3 is 2.48 bits per heavy atom.